The third-order valence-corrected chi connectivity index (χ3v) is 6.92. The maximum absolute atomic E-state index is 13.1. The summed E-state index contributed by atoms with van der Waals surface area (Å²) in [6.45, 7) is 4.56. The number of sulfonamides is 1. The minimum atomic E-state index is -3.96. The van der Waals surface area contributed by atoms with Gasteiger partial charge in [-0.2, -0.15) is 0 Å². The van der Waals surface area contributed by atoms with Crippen LogP contribution in [0.1, 0.15) is 36.7 Å². The topological polar surface area (TPSA) is 80.8 Å². The number of halogens is 1. The van der Waals surface area contributed by atoms with Gasteiger partial charge in [0.2, 0.25) is 0 Å². The molecule has 0 saturated carbocycles. The summed E-state index contributed by atoms with van der Waals surface area (Å²) in [7, 11) is -3.96. The van der Waals surface area contributed by atoms with Gasteiger partial charge in [-0.15, -0.1) is 0 Å². The third kappa shape index (κ3) is 3.38. The Balaban J connectivity index is 2.25. The van der Waals surface area contributed by atoms with Crippen molar-refractivity contribution in [2.45, 2.75) is 31.7 Å². The van der Waals surface area contributed by atoms with E-state index < -0.39 is 27.8 Å². The highest BCUT2D eigenvalue weighted by Gasteiger charge is 2.41. The average Bonchev–Trinajstić information content (AvgIpc) is 2.63. The van der Waals surface area contributed by atoms with Crippen molar-refractivity contribution in [2.24, 2.45) is 0 Å². The lowest BCUT2D eigenvalue weighted by molar-refractivity contribution is -0.114. The summed E-state index contributed by atoms with van der Waals surface area (Å²) in [6.07, 6.45) is 0. The van der Waals surface area contributed by atoms with E-state index in [-0.39, 0.29) is 27.5 Å². The number of esters is 1. The Bertz CT molecular complexity index is 1110. The van der Waals surface area contributed by atoms with Gasteiger partial charge in [-0.05, 0) is 54.0 Å². The zero-order valence-electron chi connectivity index (χ0n) is 15.5. The van der Waals surface area contributed by atoms with E-state index in [1.807, 2.05) is 0 Å². The van der Waals surface area contributed by atoms with Crippen LogP contribution in [0.5, 0.6) is 0 Å². The average molecular weight is 464 g/mol. The zero-order valence-corrected chi connectivity index (χ0v) is 17.9. The highest BCUT2D eigenvalue weighted by atomic mass is 79.9. The SMILES string of the molecule is CC(=O)C1=C(OC(=O)c2ccccc2Br)c2ccccc2S(=O)(=O)N1C(C)C. The fraction of sp³-hybridized carbons (Fsp3) is 0.200. The van der Waals surface area contributed by atoms with E-state index in [1.165, 1.54) is 19.1 Å². The van der Waals surface area contributed by atoms with Crippen LogP contribution in [-0.4, -0.2) is 30.5 Å². The molecular formula is C20H18BrNO5S. The molecule has 0 bridgehead atoms. The van der Waals surface area contributed by atoms with Crippen molar-refractivity contribution < 1.29 is 22.7 Å². The number of fused-ring (bicyclic) bond motifs is 1. The van der Waals surface area contributed by atoms with Crippen molar-refractivity contribution in [3.8, 4) is 0 Å². The normalized spacial score (nSPS) is 15.4. The second-order valence-electron chi connectivity index (χ2n) is 6.49. The smallest absolute Gasteiger partial charge is 0.344 e. The highest BCUT2D eigenvalue weighted by Crippen LogP contribution is 2.39. The van der Waals surface area contributed by atoms with Crippen LogP contribution in [0.3, 0.4) is 0 Å². The quantitative estimate of drug-likeness (QED) is 0.640. The molecule has 28 heavy (non-hydrogen) atoms. The third-order valence-electron chi connectivity index (χ3n) is 4.20. The lowest BCUT2D eigenvalue weighted by atomic mass is 10.1. The molecule has 0 radical (unpaired) electrons. The second kappa shape index (κ2) is 7.52. The molecule has 0 aromatic heterocycles. The maximum Gasteiger partial charge on any atom is 0.344 e. The van der Waals surface area contributed by atoms with Gasteiger partial charge in [-0.1, -0.05) is 24.3 Å². The first kappa shape index (κ1) is 20.3. The van der Waals surface area contributed by atoms with Gasteiger partial charge in [0.1, 0.15) is 5.70 Å². The Labute approximate surface area is 172 Å². The van der Waals surface area contributed by atoms with E-state index >= 15 is 0 Å². The Morgan fingerprint density at radius 3 is 2.25 bits per heavy atom. The van der Waals surface area contributed by atoms with Crippen LogP contribution in [0.4, 0.5) is 0 Å². The summed E-state index contributed by atoms with van der Waals surface area (Å²) in [4.78, 5) is 25.2. The maximum atomic E-state index is 13.1. The van der Waals surface area contributed by atoms with Crippen molar-refractivity contribution in [2.75, 3.05) is 0 Å². The zero-order chi connectivity index (χ0) is 20.6. The molecule has 1 aliphatic rings. The van der Waals surface area contributed by atoms with Gasteiger partial charge in [0.25, 0.3) is 10.0 Å². The number of carbonyl (C=O) groups excluding carboxylic acids is 2. The van der Waals surface area contributed by atoms with Crippen LogP contribution < -0.4 is 0 Å². The van der Waals surface area contributed by atoms with Crippen molar-refractivity contribution in [1.82, 2.24) is 4.31 Å². The van der Waals surface area contributed by atoms with Crippen molar-refractivity contribution in [3.05, 3.63) is 69.8 Å². The molecule has 0 atom stereocenters. The summed E-state index contributed by atoms with van der Waals surface area (Å²) >= 11 is 3.30. The molecule has 2 aromatic carbocycles. The Kier molecular flexibility index (Phi) is 5.45. The lowest BCUT2D eigenvalue weighted by Gasteiger charge is -2.35. The number of nitrogens with zero attached hydrogens (tertiary/aromatic N) is 1. The first-order valence-electron chi connectivity index (χ1n) is 8.52. The fourth-order valence-electron chi connectivity index (χ4n) is 3.06. The van der Waals surface area contributed by atoms with Crippen molar-refractivity contribution in [3.63, 3.8) is 0 Å². The number of rotatable bonds is 4. The number of carbonyl (C=O) groups is 2. The van der Waals surface area contributed by atoms with Gasteiger partial charge in [0.05, 0.1) is 10.5 Å². The Morgan fingerprint density at radius 1 is 1.04 bits per heavy atom. The van der Waals surface area contributed by atoms with Gasteiger partial charge < -0.3 is 4.74 Å². The largest absolute Gasteiger partial charge is 0.420 e. The molecule has 0 unspecified atom stereocenters. The number of Topliss-reactive ketones (excluding diaryl/α,β-unsaturated/α-hetero) is 1. The van der Waals surface area contributed by atoms with Crippen LogP contribution in [0.2, 0.25) is 0 Å². The molecule has 1 heterocycles. The van der Waals surface area contributed by atoms with Gasteiger partial charge in [-0.3, -0.25) is 9.10 Å². The Morgan fingerprint density at radius 2 is 1.64 bits per heavy atom. The van der Waals surface area contributed by atoms with E-state index in [0.29, 0.717) is 4.47 Å². The number of benzene rings is 2. The lowest BCUT2D eigenvalue weighted by Crippen LogP contribution is -2.42. The second-order valence-corrected chi connectivity index (χ2v) is 9.13. The monoisotopic (exact) mass is 463 g/mol. The predicted octanol–water partition coefficient (Wildman–Crippen LogP) is 3.98. The minimum absolute atomic E-state index is 0.0105. The molecule has 3 rings (SSSR count). The predicted molar refractivity (Wildman–Crippen MR) is 108 cm³/mol. The summed E-state index contributed by atoms with van der Waals surface area (Å²) < 4.78 is 33.4. The molecule has 6 nitrogen and oxygen atoms in total. The van der Waals surface area contributed by atoms with Gasteiger partial charge in [0.15, 0.2) is 11.5 Å². The number of ether oxygens (including phenoxy) is 1. The Hall–Kier alpha value is -2.45. The molecular weight excluding hydrogens is 446 g/mol. The summed E-state index contributed by atoms with van der Waals surface area (Å²) in [5.74, 6) is -1.27. The molecule has 8 heteroatoms. The summed E-state index contributed by atoms with van der Waals surface area (Å²) in [5, 5.41) is 0. The molecule has 0 aliphatic carbocycles. The molecule has 0 spiro atoms. The van der Waals surface area contributed by atoms with E-state index in [1.54, 1.807) is 50.2 Å². The van der Waals surface area contributed by atoms with E-state index in [2.05, 4.69) is 15.9 Å². The number of ketones is 1. The van der Waals surface area contributed by atoms with Crippen LogP contribution in [0.15, 0.2) is 63.6 Å². The van der Waals surface area contributed by atoms with Gasteiger partial charge in [0, 0.05) is 23.0 Å². The van der Waals surface area contributed by atoms with E-state index in [0.717, 1.165) is 4.31 Å². The number of hydrogen-bond acceptors (Lipinski definition) is 5. The summed E-state index contributed by atoms with van der Waals surface area (Å²) in [6, 6.07) is 12.3. The van der Waals surface area contributed by atoms with Crippen molar-refractivity contribution in [1.29, 1.82) is 0 Å². The molecule has 2 aromatic rings. The van der Waals surface area contributed by atoms with Crippen LogP contribution >= 0.6 is 15.9 Å². The fourth-order valence-corrected chi connectivity index (χ4v) is 5.42. The molecule has 146 valence electrons. The van der Waals surface area contributed by atoms with Crippen molar-refractivity contribution >= 4 is 43.5 Å². The molecule has 0 N–H and O–H groups in total. The molecule has 0 fully saturated rings. The van der Waals surface area contributed by atoms with E-state index in [9.17, 15) is 18.0 Å². The number of hydrogen-bond donors (Lipinski definition) is 0. The minimum Gasteiger partial charge on any atom is -0.420 e. The van der Waals surface area contributed by atoms with E-state index in [4.69, 9.17) is 4.74 Å². The van der Waals surface area contributed by atoms with Crippen LogP contribution in [0, 0.1) is 0 Å². The number of allylic oxidation sites excluding steroid dienone is 1. The molecule has 0 amide bonds. The first-order valence-corrected chi connectivity index (χ1v) is 10.7. The standard InChI is InChI=1S/C20H18BrNO5S/c1-12(2)22-18(13(3)23)19(15-9-5-7-11-17(15)28(22,25)26)27-20(24)14-8-4-6-10-16(14)21/h4-12H,1-3H3. The highest BCUT2D eigenvalue weighted by molar-refractivity contribution is 9.10. The summed E-state index contributed by atoms with van der Waals surface area (Å²) in [5.41, 5.74) is 0.291. The van der Waals surface area contributed by atoms with Crippen LogP contribution in [-0.2, 0) is 19.6 Å². The molecule has 0 saturated heterocycles. The van der Waals surface area contributed by atoms with Gasteiger partial charge in [-0.25, -0.2) is 13.2 Å². The van der Waals surface area contributed by atoms with Gasteiger partial charge >= 0.3 is 5.97 Å². The van der Waals surface area contributed by atoms with Crippen LogP contribution in [0.25, 0.3) is 5.76 Å². The molecule has 1 aliphatic heterocycles. The first-order chi connectivity index (χ1) is 13.2.